The van der Waals surface area contributed by atoms with Crippen LogP contribution in [-0.2, 0) is 14.0 Å². The minimum atomic E-state index is -1.94. The maximum Gasteiger partial charge on any atom is 0.202 e. The molecule has 2 aliphatic rings. The van der Waals surface area contributed by atoms with Crippen LogP contribution in [0.2, 0.25) is 18.1 Å². The summed E-state index contributed by atoms with van der Waals surface area (Å²) in [6, 6.07) is 0. The first kappa shape index (κ1) is 20.9. The molecule has 4 heteroatoms. The van der Waals surface area contributed by atoms with Crippen LogP contribution in [0.15, 0.2) is 35.5 Å². The Morgan fingerprint density at radius 1 is 1.38 bits per heavy atom. The number of epoxide rings is 1. The first-order chi connectivity index (χ1) is 11.9. The van der Waals surface area contributed by atoms with Gasteiger partial charge in [0.2, 0.25) is 5.78 Å². The molecule has 0 aromatic carbocycles. The van der Waals surface area contributed by atoms with Crippen molar-refractivity contribution in [3.05, 3.63) is 35.5 Å². The summed E-state index contributed by atoms with van der Waals surface area (Å²) in [7, 11) is -1.94. The summed E-state index contributed by atoms with van der Waals surface area (Å²) < 4.78 is 12.0. The fraction of sp³-hybridized carbons (Fsp3) is 0.591. The summed E-state index contributed by atoms with van der Waals surface area (Å²) in [6.45, 7) is 19.2. The van der Waals surface area contributed by atoms with Crippen LogP contribution in [0.25, 0.3) is 0 Å². The standard InChI is InChI=1S/C22H32O3Si/c1-15(2)10-9-11-16(3)12-13-17-14-18(20-21(24-20)19(17)23)25-26(7,8)22(4,5)6/h10,14,18,20-21H,3,9,11H2,1-2,4-8H3/t18-,20+,21-/m1/s1. The summed E-state index contributed by atoms with van der Waals surface area (Å²) >= 11 is 0. The summed E-state index contributed by atoms with van der Waals surface area (Å²) in [6.07, 6.45) is 5.08. The molecular weight excluding hydrogens is 340 g/mol. The maximum atomic E-state index is 12.4. The Hall–Kier alpha value is -1.41. The molecule has 0 radical (unpaired) electrons. The monoisotopic (exact) mass is 372 g/mol. The summed E-state index contributed by atoms with van der Waals surface area (Å²) in [4.78, 5) is 12.4. The minimum absolute atomic E-state index is 0.0188. The predicted molar refractivity (Wildman–Crippen MR) is 109 cm³/mol. The number of ketones is 1. The summed E-state index contributed by atoms with van der Waals surface area (Å²) in [5.41, 5.74) is 2.64. The van der Waals surface area contributed by atoms with Crippen molar-refractivity contribution >= 4 is 14.1 Å². The molecule has 0 amide bonds. The lowest BCUT2D eigenvalue weighted by atomic mass is 9.96. The molecule has 0 spiro atoms. The lowest BCUT2D eigenvalue weighted by Gasteiger charge is -2.38. The van der Waals surface area contributed by atoms with Gasteiger partial charge in [0.25, 0.3) is 0 Å². The molecular formula is C22H32O3Si. The number of hydrogen-bond donors (Lipinski definition) is 0. The Labute approximate surface area is 159 Å². The van der Waals surface area contributed by atoms with Gasteiger partial charge >= 0.3 is 0 Å². The number of Topliss-reactive ketones (excluding diaryl/α,β-unsaturated/α-hetero) is 1. The zero-order chi connectivity index (χ0) is 19.7. The van der Waals surface area contributed by atoms with Gasteiger partial charge < -0.3 is 9.16 Å². The summed E-state index contributed by atoms with van der Waals surface area (Å²) in [5, 5.41) is 0.109. The van der Waals surface area contributed by atoms with Gasteiger partial charge in [-0.1, -0.05) is 50.8 Å². The number of carbonyl (C=O) groups is 1. The normalized spacial score (nSPS) is 24.8. The van der Waals surface area contributed by atoms with Crippen LogP contribution in [0.1, 0.15) is 47.5 Å². The predicted octanol–water partition coefficient (Wildman–Crippen LogP) is 4.96. The Morgan fingerprint density at radius 2 is 2.04 bits per heavy atom. The quantitative estimate of drug-likeness (QED) is 0.296. The number of hydrogen-bond acceptors (Lipinski definition) is 3. The average Bonchev–Trinajstić information content (AvgIpc) is 3.28. The number of rotatable bonds is 5. The molecule has 0 N–H and O–H groups in total. The number of allylic oxidation sites excluding steroid dienone is 3. The Kier molecular flexibility index (Phi) is 6.17. The molecule has 0 aromatic rings. The van der Waals surface area contributed by atoms with Crippen LogP contribution in [0.5, 0.6) is 0 Å². The Morgan fingerprint density at radius 3 is 2.62 bits per heavy atom. The largest absolute Gasteiger partial charge is 0.408 e. The van der Waals surface area contributed by atoms with E-state index < -0.39 is 8.32 Å². The van der Waals surface area contributed by atoms with Gasteiger partial charge in [-0.2, -0.15) is 0 Å². The number of carbonyl (C=O) groups excluding carboxylic acids is 1. The van der Waals surface area contributed by atoms with E-state index in [-0.39, 0.29) is 29.1 Å². The average molecular weight is 373 g/mol. The maximum absolute atomic E-state index is 12.4. The highest BCUT2D eigenvalue weighted by Gasteiger charge is 2.55. The van der Waals surface area contributed by atoms with Crippen LogP contribution in [-0.4, -0.2) is 32.4 Å². The van der Waals surface area contributed by atoms with Gasteiger partial charge in [-0.15, -0.1) is 0 Å². The van der Waals surface area contributed by atoms with Gasteiger partial charge in [0.1, 0.15) is 6.10 Å². The van der Waals surface area contributed by atoms with Gasteiger partial charge in [-0.05, 0) is 56.5 Å². The van der Waals surface area contributed by atoms with Crippen LogP contribution in [0.4, 0.5) is 0 Å². The molecule has 1 heterocycles. The van der Waals surface area contributed by atoms with Crippen LogP contribution in [0, 0.1) is 11.8 Å². The molecule has 0 bridgehead atoms. The van der Waals surface area contributed by atoms with E-state index in [0.29, 0.717) is 5.57 Å². The van der Waals surface area contributed by atoms with Gasteiger partial charge in [0.05, 0.1) is 11.7 Å². The second kappa shape index (κ2) is 7.68. The van der Waals surface area contributed by atoms with E-state index >= 15 is 0 Å². The second-order valence-corrected chi connectivity index (χ2v) is 13.7. The van der Waals surface area contributed by atoms with Crippen molar-refractivity contribution in [2.24, 2.45) is 0 Å². The van der Waals surface area contributed by atoms with Crippen LogP contribution in [0.3, 0.4) is 0 Å². The molecule has 0 aromatic heterocycles. The van der Waals surface area contributed by atoms with E-state index in [1.165, 1.54) is 5.57 Å². The zero-order valence-electron chi connectivity index (χ0n) is 17.2. The molecule has 0 saturated carbocycles. The van der Waals surface area contributed by atoms with Crippen molar-refractivity contribution in [1.29, 1.82) is 0 Å². The molecule has 3 atom stereocenters. The molecule has 1 fully saturated rings. The molecule has 3 nitrogen and oxygen atoms in total. The third-order valence-electron chi connectivity index (χ3n) is 5.31. The van der Waals surface area contributed by atoms with Crippen LogP contribution < -0.4 is 0 Å². The van der Waals surface area contributed by atoms with Gasteiger partial charge in [0, 0.05) is 0 Å². The van der Waals surface area contributed by atoms with E-state index in [0.717, 1.165) is 18.4 Å². The van der Waals surface area contributed by atoms with E-state index in [1.54, 1.807) is 0 Å². The SMILES string of the molecule is C=C(C#CC1=C[C@@H](O[Si](C)(C)C(C)(C)C)[C@@H]2O[C@@H]2C1=O)CCC=C(C)C. The Balaban J connectivity index is 2.10. The first-order valence-corrected chi connectivity index (χ1v) is 12.3. The molecule has 2 rings (SSSR count). The Bertz CT molecular complexity index is 706. The van der Waals surface area contributed by atoms with Crippen molar-refractivity contribution in [3.8, 4) is 11.8 Å². The molecule has 26 heavy (non-hydrogen) atoms. The first-order valence-electron chi connectivity index (χ1n) is 9.35. The number of ether oxygens (including phenoxy) is 1. The molecule has 0 unspecified atom stereocenters. The van der Waals surface area contributed by atoms with Gasteiger partial charge in [0.15, 0.2) is 14.4 Å². The van der Waals surface area contributed by atoms with E-state index in [1.807, 2.05) is 6.08 Å². The second-order valence-electron chi connectivity index (χ2n) is 8.98. The number of fused-ring (bicyclic) bond motifs is 1. The molecule has 1 aliphatic carbocycles. The lowest BCUT2D eigenvalue weighted by molar-refractivity contribution is -0.116. The highest BCUT2D eigenvalue weighted by Crippen LogP contribution is 2.42. The molecule has 1 saturated heterocycles. The van der Waals surface area contributed by atoms with Gasteiger partial charge in [-0.3, -0.25) is 4.79 Å². The smallest absolute Gasteiger partial charge is 0.202 e. The highest BCUT2D eigenvalue weighted by molar-refractivity contribution is 6.74. The lowest BCUT2D eigenvalue weighted by Crippen LogP contribution is -2.46. The van der Waals surface area contributed by atoms with E-state index in [9.17, 15) is 4.79 Å². The van der Waals surface area contributed by atoms with Crippen molar-refractivity contribution in [2.45, 2.75) is 83.9 Å². The van der Waals surface area contributed by atoms with E-state index in [2.05, 4.69) is 72.2 Å². The topological polar surface area (TPSA) is 38.8 Å². The van der Waals surface area contributed by atoms with Crippen LogP contribution >= 0.6 is 0 Å². The fourth-order valence-corrected chi connectivity index (χ4v) is 3.79. The minimum Gasteiger partial charge on any atom is -0.408 e. The summed E-state index contributed by atoms with van der Waals surface area (Å²) in [5.74, 6) is 6.05. The van der Waals surface area contributed by atoms with Crippen molar-refractivity contribution in [1.82, 2.24) is 0 Å². The van der Waals surface area contributed by atoms with E-state index in [4.69, 9.17) is 9.16 Å². The van der Waals surface area contributed by atoms with Crippen molar-refractivity contribution < 1.29 is 14.0 Å². The molecule has 142 valence electrons. The fourth-order valence-electron chi connectivity index (χ4n) is 2.55. The third kappa shape index (κ3) is 5.06. The highest BCUT2D eigenvalue weighted by atomic mass is 28.4. The van der Waals surface area contributed by atoms with Crippen molar-refractivity contribution in [2.75, 3.05) is 0 Å². The van der Waals surface area contributed by atoms with Gasteiger partial charge in [-0.25, -0.2) is 0 Å². The zero-order valence-corrected chi connectivity index (χ0v) is 18.2. The van der Waals surface area contributed by atoms with Crippen molar-refractivity contribution in [3.63, 3.8) is 0 Å². The molecule has 1 aliphatic heterocycles. The third-order valence-corrected chi connectivity index (χ3v) is 9.79.